The van der Waals surface area contributed by atoms with E-state index in [2.05, 4.69) is 62.2 Å². The number of aryl methyl sites for hydroxylation is 2. The summed E-state index contributed by atoms with van der Waals surface area (Å²) in [4.78, 5) is 2.78. The maximum absolute atomic E-state index is 5.67. The van der Waals surface area contributed by atoms with Crippen molar-refractivity contribution in [2.75, 3.05) is 7.05 Å². The lowest BCUT2D eigenvalue weighted by atomic mass is 10.0. The van der Waals surface area contributed by atoms with Gasteiger partial charge in [0.1, 0.15) is 4.99 Å². The lowest BCUT2D eigenvalue weighted by Crippen LogP contribution is -2.19. The zero-order valence-electron chi connectivity index (χ0n) is 12.9. The molecule has 0 fully saturated rings. The van der Waals surface area contributed by atoms with Crippen LogP contribution in [0.15, 0.2) is 42.5 Å². The van der Waals surface area contributed by atoms with E-state index in [1.807, 2.05) is 6.07 Å². The third kappa shape index (κ3) is 4.13. The molecule has 0 atom stereocenters. The van der Waals surface area contributed by atoms with Crippen molar-refractivity contribution in [1.82, 2.24) is 4.90 Å². The molecule has 0 heterocycles. The number of benzene rings is 2. The van der Waals surface area contributed by atoms with Crippen LogP contribution in [0, 0.1) is 13.8 Å². The number of nitrogens with two attached hydrogens (primary N) is 1. The molecular formula is C18H22N2S. The van der Waals surface area contributed by atoms with Crippen molar-refractivity contribution >= 4 is 17.2 Å². The number of hydrogen-bond donors (Lipinski definition) is 1. The van der Waals surface area contributed by atoms with E-state index >= 15 is 0 Å². The van der Waals surface area contributed by atoms with Gasteiger partial charge in [0, 0.05) is 18.7 Å². The largest absolute Gasteiger partial charge is 0.389 e. The zero-order valence-corrected chi connectivity index (χ0v) is 13.7. The minimum atomic E-state index is 0.456. The molecule has 0 saturated heterocycles. The van der Waals surface area contributed by atoms with Gasteiger partial charge in [-0.2, -0.15) is 0 Å². The molecule has 0 aliphatic carbocycles. The zero-order chi connectivity index (χ0) is 15.4. The van der Waals surface area contributed by atoms with E-state index < -0.39 is 0 Å². The van der Waals surface area contributed by atoms with E-state index in [0.29, 0.717) is 4.99 Å². The Labute approximate surface area is 132 Å². The molecule has 2 rings (SSSR count). The SMILES string of the molecule is Cc1ccccc1CN(C)Cc1ccc(C(N)=S)cc1C. The van der Waals surface area contributed by atoms with Crippen molar-refractivity contribution in [2.24, 2.45) is 5.73 Å². The summed E-state index contributed by atoms with van der Waals surface area (Å²) in [6, 6.07) is 14.7. The first-order valence-corrected chi connectivity index (χ1v) is 7.50. The van der Waals surface area contributed by atoms with Crippen molar-refractivity contribution in [2.45, 2.75) is 26.9 Å². The highest BCUT2D eigenvalue weighted by molar-refractivity contribution is 7.80. The first-order chi connectivity index (χ1) is 9.97. The van der Waals surface area contributed by atoms with Crippen LogP contribution in [0.1, 0.15) is 27.8 Å². The van der Waals surface area contributed by atoms with E-state index in [9.17, 15) is 0 Å². The molecule has 0 radical (unpaired) electrons. The number of nitrogens with zero attached hydrogens (tertiary/aromatic N) is 1. The van der Waals surface area contributed by atoms with Gasteiger partial charge in [0.15, 0.2) is 0 Å². The van der Waals surface area contributed by atoms with Crippen molar-refractivity contribution in [3.05, 3.63) is 70.3 Å². The molecule has 21 heavy (non-hydrogen) atoms. The fourth-order valence-electron chi connectivity index (χ4n) is 2.45. The molecular weight excluding hydrogens is 276 g/mol. The molecule has 3 heteroatoms. The van der Waals surface area contributed by atoms with Crippen LogP contribution in [-0.2, 0) is 13.1 Å². The Morgan fingerprint density at radius 1 is 1.00 bits per heavy atom. The van der Waals surface area contributed by atoms with E-state index in [1.165, 1.54) is 22.3 Å². The minimum absolute atomic E-state index is 0.456. The monoisotopic (exact) mass is 298 g/mol. The average Bonchev–Trinajstić information content (AvgIpc) is 2.43. The van der Waals surface area contributed by atoms with Crippen LogP contribution in [0.25, 0.3) is 0 Å². The Morgan fingerprint density at radius 3 is 2.19 bits per heavy atom. The molecule has 0 bridgehead atoms. The van der Waals surface area contributed by atoms with Crippen molar-refractivity contribution < 1.29 is 0 Å². The molecule has 0 spiro atoms. The summed E-state index contributed by atoms with van der Waals surface area (Å²) in [7, 11) is 2.15. The van der Waals surface area contributed by atoms with Gasteiger partial charge in [-0.15, -0.1) is 0 Å². The van der Waals surface area contributed by atoms with Gasteiger partial charge < -0.3 is 5.73 Å². The van der Waals surface area contributed by atoms with E-state index in [4.69, 9.17) is 18.0 Å². The van der Waals surface area contributed by atoms with E-state index in [0.717, 1.165) is 18.7 Å². The van der Waals surface area contributed by atoms with Gasteiger partial charge in [-0.25, -0.2) is 0 Å². The molecule has 0 aromatic heterocycles. The van der Waals surface area contributed by atoms with Crippen molar-refractivity contribution in [3.8, 4) is 0 Å². The Bertz CT molecular complexity index is 649. The summed E-state index contributed by atoms with van der Waals surface area (Å²) in [5, 5.41) is 0. The molecule has 110 valence electrons. The fraction of sp³-hybridized carbons (Fsp3) is 0.278. The van der Waals surface area contributed by atoms with Crippen LogP contribution in [0.4, 0.5) is 0 Å². The highest BCUT2D eigenvalue weighted by Gasteiger charge is 2.07. The maximum atomic E-state index is 5.67. The highest BCUT2D eigenvalue weighted by Crippen LogP contribution is 2.16. The number of thiocarbonyl (C=S) groups is 1. The summed E-state index contributed by atoms with van der Waals surface area (Å²) in [5.74, 6) is 0. The Balaban J connectivity index is 2.08. The smallest absolute Gasteiger partial charge is 0.103 e. The van der Waals surface area contributed by atoms with Gasteiger partial charge in [-0.3, -0.25) is 4.90 Å². The van der Waals surface area contributed by atoms with Crippen LogP contribution >= 0.6 is 12.2 Å². The van der Waals surface area contributed by atoms with Crippen molar-refractivity contribution in [1.29, 1.82) is 0 Å². The molecule has 2 aromatic rings. The number of rotatable bonds is 5. The van der Waals surface area contributed by atoms with Gasteiger partial charge in [0.05, 0.1) is 0 Å². The maximum Gasteiger partial charge on any atom is 0.103 e. The third-order valence-electron chi connectivity index (χ3n) is 3.77. The predicted molar refractivity (Wildman–Crippen MR) is 93.4 cm³/mol. The molecule has 2 aromatic carbocycles. The summed E-state index contributed by atoms with van der Waals surface area (Å²) >= 11 is 5.02. The van der Waals surface area contributed by atoms with Crippen molar-refractivity contribution in [3.63, 3.8) is 0 Å². The quantitative estimate of drug-likeness (QED) is 0.856. The van der Waals surface area contributed by atoms with Gasteiger partial charge in [0.25, 0.3) is 0 Å². The molecule has 0 aliphatic heterocycles. The first kappa shape index (κ1) is 15.7. The molecule has 2 nitrogen and oxygen atoms in total. The van der Waals surface area contributed by atoms with Crippen LogP contribution in [0.3, 0.4) is 0 Å². The topological polar surface area (TPSA) is 29.3 Å². The summed E-state index contributed by atoms with van der Waals surface area (Å²) in [5.41, 5.74) is 11.9. The Morgan fingerprint density at radius 2 is 1.62 bits per heavy atom. The van der Waals surface area contributed by atoms with Crippen LogP contribution in [-0.4, -0.2) is 16.9 Å². The van der Waals surface area contributed by atoms with E-state index in [-0.39, 0.29) is 0 Å². The van der Waals surface area contributed by atoms with Gasteiger partial charge in [-0.05, 0) is 49.2 Å². The summed E-state index contributed by atoms with van der Waals surface area (Å²) in [6.07, 6.45) is 0. The van der Waals surface area contributed by atoms with Gasteiger partial charge >= 0.3 is 0 Å². The standard InChI is InChI=1S/C18H22N2S/c1-13-6-4-5-7-16(13)11-20(3)12-17-9-8-15(18(19)21)10-14(17)2/h4-10H,11-12H2,1-3H3,(H2,19,21). The van der Waals surface area contributed by atoms with Gasteiger partial charge in [-0.1, -0.05) is 48.6 Å². The second-order valence-electron chi connectivity index (χ2n) is 5.60. The van der Waals surface area contributed by atoms with Crippen LogP contribution in [0.5, 0.6) is 0 Å². The molecule has 2 N–H and O–H groups in total. The first-order valence-electron chi connectivity index (χ1n) is 7.09. The third-order valence-corrected chi connectivity index (χ3v) is 4.00. The summed E-state index contributed by atoms with van der Waals surface area (Å²) in [6.45, 7) is 6.13. The molecule has 0 amide bonds. The lowest BCUT2D eigenvalue weighted by molar-refractivity contribution is 0.318. The molecule has 0 saturated carbocycles. The van der Waals surface area contributed by atoms with Crippen LogP contribution < -0.4 is 5.73 Å². The predicted octanol–water partition coefficient (Wildman–Crippen LogP) is 3.57. The highest BCUT2D eigenvalue weighted by atomic mass is 32.1. The second kappa shape index (κ2) is 6.83. The number of hydrogen-bond acceptors (Lipinski definition) is 2. The lowest BCUT2D eigenvalue weighted by Gasteiger charge is -2.19. The molecule has 0 aliphatic rings. The summed E-state index contributed by atoms with van der Waals surface area (Å²) < 4.78 is 0. The van der Waals surface area contributed by atoms with Gasteiger partial charge in [0.2, 0.25) is 0 Å². The minimum Gasteiger partial charge on any atom is -0.389 e. The Kier molecular flexibility index (Phi) is 5.10. The normalized spacial score (nSPS) is 10.9. The van der Waals surface area contributed by atoms with Crippen LogP contribution in [0.2, 0.25) is 0 Å². The second-order valence-corrected chi connectivity index (χ2v) is 6.04. The average molecular weight is 298 g/mol. The Hall–Kier alpha value is -1.71. The fourth-order valence-corrected chi connectivity index (χ4v) is 2.58. The van der Waals surface area contributed by atoms with E-state index in [1.54, 1.807) is 0 Å². The molecule has 0 unspecified atom stereocenters.